The molecule has 0 fully saturated rings. The zero-order valence-electron chi connectivity index (χ0n) is 14.9. The summed E-state index contributed by atoms with van der Waals surface area (Å²) in [6.07, 6.45) is 2.60. The van der Waals surface area contributed by atoms with E-state index in [2.05, 4.69) is 4.90 Å². The van der Waals surface area contributed by atoms with Crippen LogP contribution in [0, 0.1) is 0 Å². The summed E-state index contributed by atoms with van der Waals surface area (Å²) in [6, 6.07) is 7.32. The number of hydrogen-bond donors (Lipinski definition) is 0. The van der Waals surface area contributed by atoms with Gasteiger partial charge in [-0.25, -0.2) is 4.79 Å². The molecule has 1 aliphatic carbocycles. The number of nitrogens with zero attached hydrogens (tertiary/aromatic N) is 1. The Morgan fingerprint density at radius 1 is 1.00 bits per heavy atom. The molecule has 0 saturated carbocycles. The Hall–Kier alpha value is -1.72. The fraction of sp³-hybridized carbons (Fsp3) is 0.286. The van der Waals surface area contributed by atoms with Crippen molar-refractivity contribution >= 4 is 45.8 Å². The van der Waals surface area contributed by atoms with Crippen molar-refractivity contribution in [2.75, 3.05) is 6.73 Å². The molecular formula is C21H16Cl3NO3. The number of fused-ring (bicyclic) bond motifs is 5. The molecular weight excluding hydrogens is 421 g/mol. The fourth-order valence-corrected chi connectivity index (χ4v) is 4.89. The maximum atomic E-state index is 12.5. The van der Waals surface area contributed by atoms with Gasteiger partial charge in [-0.1, -0.05) is 40.9 Å². The number of benzene rings is 2. The van der Waals surface area contributed by atoms with Crippen LogP contribution in [0.5, 0.6) is 5.75 Å². The van der Waals surface area contributed by atoms with E-state index in [0.717, 1.165) is 46.9 Å². The van der Waals surface area contributed by atoms with Crippen LogP contribution in [-0.2, 0) is 25.9 Å². The predicted octanol–water partition coefficient (Wildman–Crippen LogP) is 5.59. The van der Waals surface area contributed by atoms with Crippen LogP contribution in [0.2, 0.25) is 15.1 Å². The van der Waals surface area contributed by atoms with Gasteiger partial charge in [0.05, 0.1) is 10.6 Å². The zero-order chi connectivity index (χ0) is 19.4. The topological polar surface area (TPSA) is 42.7 Å². The highest BCUT2D eigenvalue weighted by atomic mass is 35.5. The van der Waals surface area contributed by atoms with Crippen molar-refractivity contribution in [3.05, 3.63) is 72.0 Å². The number of rotatable bonds is 2. The zero-order valence-corrected chi connectivity index (χ0v) is 17.1. The summed E-state index contributed by atoms with van der Waals surface area (Å²) in [5.41, 5.74) is 3.94. The fourth-order valence-electron chi connectivity index (χ4n) is 4.15. The largest absolute Gasteiger partial charge is 0.476 e. The SMILES string of the molecule is O=c1oc2c3c(c(Cl)cc2c2c1CCC2)OCN(Cc1ccc(Cl)cc1Cl)C3. The molecule has 2 heterocycles. The molecule has 28 heavy (non-hydrogen) atoms. The molecule has 0 unspecified atom stereocenters. The molecule has 0 radical (unpaired) electrons. The maximum absolute atomic E-state index is 12.5. The van der Waals surface area contributed by atoms with Crippen LogP contribution in [0.15, 0.2) is 33.5 Å². The van der Waals surface area contributed by atoms with Gasteiger partial charge < -0.3 is 9.15 Å². The van der Waals surface area contributed by atoms with Crippen LogP contribution >= 0.6 is 34.8 Å². The number of halogens is 3. The number of aryl methyl sites for hydroxylation is 1. The molecule has 3 aromatic rings. The lowest BCUT2D eigenvalue weighted by Crippen LogP contribution is -2.32. The van der Waals surface area contributed by atoms with Crippen molar-refractivity contribution in [1.82, 2.24) is 4.90 Å². The van der Waals surface area contributed by atoms with E-state index in [1.54, 1.807) is 6.07 Å². The van der Waals surface area contributed by atoms with E-state index < -0.39 is 0 Å². The standard InChI is InChI=1S/C21H16Cl3NO3/c22-12-5-4-11(17(23)6-12)8-25-9-16-19-15(7-18(24)20(16)27-10-25)13-2-1-3-14(13)21(26)28-19/h4-7H,1-3,8-10H2. The normalized spacial score (nSPS) is 16.1. The summed E-state index contributed by atoms with van der Waals surface area (Å²) in [6.45, 7) is 1.50. The molecule has 2 aliphatic rings. The second-order valence-electron chi connectivity index (χ2n) is 7.24. The quantitative estimate of drug-likeness (QED) is 0.491. The van der Waals surface area contributed by atoms with Gasteiger partial charge in [0, 0.05) is 34.1 Å². The third-order valence-electron chi connectivity index (χ3n) is 5.45. The Morgan fingerprint density at radius 2 is 1.82 bits per heavy atom. The molecule has 7 heteroatoms. The second kappa shape index (κ2) is 6.96. The Morgan fingerprint density at radius 3 is 2.64 bits per heavy atom. The summed E-state index contributed by atoms with van der Waals surface area (Å²) in [5.74, 6) is 0.591. The highest BCUT2D eigenvalue weighted by molar-refractivity contribution is 6.35. The van der Waals surface area contributed by atoms with Gasteiger partial charge in [-0.2, -0.15) is 0 Å². The van der Waals surface area contributed by atoms with E-state index in [9.17, 15) is 4.79 Å². The van der Waals surface area contributed by atoms with Gasteiger partial charge in [-0.05, 0) is 48.6 Å². The van der Waals surface area contributed by atoms with Crippen molar-refractivity contribution < 1.29 is 9.15 Å². The van der Waals surface area contributed by atoms with E-state index in [-0.39, 0.29) is 5.63 Å². The summed E-state index contributed by atoms with van der Waals surface area (Å²) >= 11 is 18.8. The monoisotopic (exact) mass is 435 g/mol. The first-order valence-electron chi connectivity index (χ1n) is 9.10. The minimum Gasteiger partial charge on any atom is -0.476 e. The van der Waals surface area contributed by atoms with E-state index in [4.69, 9.17) is 44.0 Å². The van der Waals surface area contributed by atoms with E-state index in [0.29, 0.717) is 46.2 Å². The van der Waals surface area contributed by atoms with E-state index in [1.807, 2.05) is 18.2 Å². The Bertz CT molecular complexity index is 1170. The van der Waals surface area contributed by atoms with Crippen molar-refractivity contribution in [2.45, 2.75) is 32.4 Å². The maximum Gasteiger partial charge on any atom is 0.339 e. The first-order valence-corrected chi connectivity index (χ1v) is 10.2. The van der Waals surface area contributed by atoms with Crippen LogP contribution in [0.25, 0.3) is 11.0 Å². The molecule has 0 spiro atoms. The smallest absolute Gasteiger partial charge is 0.339 e. The van der Waals surface area contributed by atoms with Crippen LogP contribution < -0.4 is 10.4 Å². The molecule has 2 aromatic carbocycles. The van der Waals surface area contributed by atoms with Crippen LogP contribution in [0.1, 0.15) is 28.7 Å². The van der Waals surface area contributed by atoms with Crippen molar-refractivity contribution in [3.63, 3.8) is 0 Å². The molecule has 5 rings (SSSR count). The van der Waals surface area contributed by atoms with Gasteiger partial charge in [0.2, 0.25) is 0 Å². The molecule has 0 amide bonds. The molecule has 0 bridgehead atoms. The van der Waals surface area contributed by atoms with Gasteiger partial charge in [0.15, 0.2) is 0 Å². The second-order valence-corrected chi connectivity index (χ2v) is 8.49. The third kappa shape index (κ3) is 3.00. The highest BCUT2D eigenvalue weighted by Crippen LogP contribution is 2.41. The van der Waals surface area contributed by atoms with Crippen molar-refractivity contribution in [2.24, 2.45) is 0 Å². The molecule has 0 saturated heterocycles. The lowest BCUT2D eigenvalue weighted by molar-refractivity contribution is 0.0891. The average Bonchev–Trinajstić information content (AvgIpc) is 3.16. The van der Waals surface area contributed by atoms with Crippen LogP contribution in [0.3, 0.4) is 0 Å². The Kier molecular flexibility index (Phi) is 4.55. The predicted molar refractivity (Wildman–Crippen MR) is 111 cm³/mol. The highest BCUT2D eigenvalue weighted by Gasteiger charge is 2.28. The molecule has 1 aromatic heterocycles. The van der Waals surface area contributed by atoms with Gasteiger partial charge in [-0.15, -0.1) is 0 Å². The summed E-state index contributed by atoms with van der Waals surface area (Å²) in [7, 11) is 0. The van der Waals surface area contributed by atoms with Gasteiger partial charge in [0.1, 0.15) is 18.1 Å². The molecule has 0 atom stereocenters. The summed E-state index contributed by atoms with van der Waals surface area (Å²) in [5, 5.41) is 2.68. The Labute approximate surface area is 176 Å². The van der Waals surface area contributed by atoms with Crippen LogP contribution in [0.4, 0.5) is 0 Å². The summed E-state index contributed by atoms with van der Waals surface area (Å²) < 4.78 is 11.7. The molecule has 0 N–H and O–H groups in total. The number of hydrogen-bond acceptors (Lipinski definition) is 4. The third-order valence-corrected chi connectivity index (χ3v) is 6.31. The lowest BCUT2D eigenvalue weighted by Gasteiger charge is -2.30. The molecule has 4 nitrogen and oxygen atoms in total. The van der Waals surface area contributed by atoms with Gasteiger partial charge >= 0.3 is 5.63 Å². The Balaban J connectivity index is 1.57. The molecule has 144 valence electrons. The average molecular weight is 437 g/mol. The summed E-state index contributed by atoms with van der Waals surface area (Å²) in [4.78, 5) is 14.5. The first-order chi connectivity index (χ1) is 13.5. The van der Waals surface area contributed by atoms with Gasteiger partial charge in [0.25, 0.3) is 0 Å². The van der Waals surface area contributed by atoms with Crippen molar-refractivity contribution in [3.8, 4) is 5.75 Å². The van der Waals surface area contributed by atoms with E-state index in [1.165, 1.54) is 0 Å². The van der Waals surface area contributed by atoms with Gasteiger partial charge in [-0.3, -0.25) is 4.90 Å². The van der Waals surface area contributed by atoms with E-state index >= 15 is 0 Å². The van der Waals surface area contributed by atoms with Crippen molar-refractivity contribution in [1.29, 1.82) is 0 Å². The van der Waals surface area contributed by atoms with Crippen LogP contribution in [-0.4, -0.2) is 11.6 Å². The lowest BCUT2D eigenvalue weighted by atomic mass is 10.0. The first kappa shape index (κ1) is 18.3. The molecule has 1 aliphatic heterocycles. The minimum absolute atomic E-state index is 0.248. The number of ether oxygens (including phenoxy) is 1. The minimum atomic E-state index is -0.248.